The molecule has 124 valence electrons. The van der Waals surface area contributed by atoms with Crippen molar-refractivity contribution < 1.29 is 18.0 Å². The Labute approximate surface area is 131 Å². The van der Waals surface area contributed by atoms with Crippen LogP contribution in [-0.2, 0) is 11.3 Å². The molecule has 0 saturated heterocycles. The fourth-order valence-electron chi connectivity index (χ4n) is 2.39. The number of fused-ring (bicyclic) bond motifs is 1. The highest BCUT2D eigenvalue weighted by molar-refractivity contribution is 5.82. The molecule has 0 aliphatic carbocycles. The minimum Gasteiger partial charge on any atom is -0.330 e. The predicted octanol–water partition coefficient (Wildman–Crippen LogP) is 2.80. The Morgan fingerprint density at radius 1 is 1.17 bits per heavy atom. The number of rotatable bonds is 4. The molecule has 1 amide bonds. The van der Waals surface area contributed by atoms with Gasteiger partial charge < -0.3 is 4.90 Å². The average Bonchev–Trinajstić information content (AvgIpc) is 2.46. The van der Waals surface area contributed by atoms with E-state index in [4.69, 9.17) is 0 Å². The van der Waals surface area contributed by atoms with Crippen molar-refractivity contribution in [3.63, 3.8) is 0 Å². The molecule has 0 unspecified atom stereocenters. The third-order valence-corrected chi connectivity index (χ3v) is 3.49. The Bertz CT molecular complexity index is 766. The standard InChI is InChI=1S/C16H17F3N2O2/c1-11(2)21(10-16(17,18)19)15(23)9-20-13-6-4-3-5-12(13)7-8-14(20)22/h3-8,11H,9-10H2,1-2H3. The minimum absolute atomic E-state index is 0.422. The summed E-state index contributed by atoms with van der Waals surface area (Å²) in [5, 5.41) is 0.742. The molecule has 0 N–H and O–H groups in total. The van der Waals surface area contributed by atoms with Gasteiger partial charge in [0, 0.05) is 12.1 Å². The highest BCUT2D eigenvalue weighted by atomic mass is 19.4. The molecule has 23 heavy (non-hydrogen) atoms. The van der Waals surface area contributed by atoms with Crippen molar-refractivity contribution in [1.29, 1.82) is 0 Å². The van der Waals surface area contributed by atoms with Crippen LogP contribution in [-0.4, -0.2) is 34.1 Å². The SMILES string of the molecule is CC(C)N(CC(F)(F)F)C(=O)Cn1c(=O)ccc2ccccc21. The highest BCUT2D eigenvalue weighted by Crippen LogP contribution is 2.19. The van der Waals surface area contributed by atoms with Gasteiger partial charge in [-0.15, -0.1) is 0 Å². The lowest BCUT2D eigenvalue weighted by atomic mass is 10.2. The Kier molecular flexibility index (Phi) is 4.77. The van der Waals surface area contributed by atoms with Crippen molar-refractivity contribution in [2.24, 2.45) is 0 Å². The van der Waals surface area contributed by atoms with Gasteiger partial charge in [0.05, 0.1) is 5.52 Å². The summed E-state index contributed by atoms with van der Waals surface area (Å²) in [6.45, 7) is 1.27. The van der Waals surface area contributed by atoms with E-state index in [1.807, 2.05) is 0 Å². The molecule has 1 aromatic carbocycles. The number of hydrogen-bond donors (Lipinski definition) is 0. The van der Waals surface area contributed by atoms with E-state index in [2.05, 4.69) is 0 Å². The molecule has 0 fully saturated rings. The molecule has 0 radical (unpaired) electrons. The van der Waals surface area contributed by atoms with E-state index in [9.17, 15) is 22.8 Å². The number of aromatic nitrogens is 1. The van der Waals surface area contributed by atoms with Gasteiger partial charge in [-0.3, -0.25) is 14.2 Å². The first-order chi connectivity index (χ1) is 10.7. The van der Waals surface area contributed by atoms with Gasteiger partial charge >= 0.3 is 6.18 Å². The molecule has 0 atom stereocenters. The zero-order chi connectivity index (χ0) is 17.2. The molecular formula is C16H17F3N2O2. The fraction of sp³-hybridized carbons (Fsp3) is 0.375. The topological polar surface area (TPSA) is 42.3 Å². The number of alkyl halides is 3. The lowest BCUT2D eigenvalue weighted by Crippen LogP contribution is -2.45. The number of carbonyl (C=O) groups is 1. The third-order valence-electron chi connectivity index (χ3n) is 3.49. The third kappa shape index (κ3) is 4.12. The Morgan fingerprint density at radius 3 is 2.43 bits per heavy atom. The van der Waals surface area contributed by atoms with Crippen LogP contribution >= 0.6 is 0 Å². The normalized spacial score (nSPS) is 11.9. The van der Waals surface area contributed by atoms with Crippen molar-refractivity contribution in [1.82, 2.24) is 9.47 Å². The first-order valence-electron chi connectivity index (χ1n) is 7.14. The molecule has 2 aromatic rings. The molecule has 0 spiro atoms. The zero-order valence-electron chi connectivity index (χ0n) is 12.8. The van der Waals surface area contributed by atoms with Crippen LogP contribution < -0.4 is 5.56 Å². The van der Waals surface area contributed by atoms with E-state index in [1.165, 1.54) is 24.5 Å². The maximum atomic E-state index is 12.6. The lowest BCUT2D eigenvalue weighted by molar-refractivity contribution is -0.164. The molecule has 4 nitrogen and oxygen atoms in total. The van der Waals surface area contributed by atoms with Gasteiger partial charge in [-0.05, 0) is 31.4 Å². The Balaban J connectivity index is 2.36. The molecule has 1 aromatic heterocycles. The number of nitrogens with zero attached hydrogens (tertiary/aromatic N) is 2. The van der Waals surface area contributed by atoms with Gasteiger partial charge in [0.25, 0.3) is 5.56 Å². The zero-order valence-corrected chi connectivity index (χ0v) is 12.8. The van der Waals surface area contributed by atoms with Crippen molar-refractivity contribution in [3.8, 4) is 0 Å². The van der Waals surface area contributed by atoms with Gasteiger partial charge in [-0.1, -0.05) is 18.2 Å². The number of benzene rings is 1. The summed E-state index contributed by atoms with van der Waals surface area (Å²) in [6, 6.07) is 9.23. The summed E-state index contributed by atoms with van der Waals surface area (Å²) in [5.41, 5.74) is 0.0943. The van der Waals surface area contributed by atoms with Crippen molar-refractivity contribution in [2.45, 2.75) is 32.6 Å². The fourth-order valence-corrected chi connectivity index (χ4v) is 2.39. The maximum Gasteiger partial charge on any atom is 0.406 e. The summed E-state index contributed by atoms with van der Waals surface area (Å²) < 4.78 is 39.1. The number of halogens is 3. The predicted molar refractivity (Wildman–Crippen MR) is 81.1 cm³/mol. The van der Waals surface area contributed by atoms with E-state index in [0.717, 1.165) is 10.3 Å². The van der Waals surface area contributed by atoms with Gasteiger partial charge in [-0.25, -0.2) is 0 Å². The summed E-state index contributed by atoms with van der Waals surface area (Å²) in [6.07, 6.45) is -4.48. The van der Waals surface area contributed by atoms with Crippen molar-refractivity contribution in [2.75, 3.05) is 6.54 Å². The van der Waals surface area contributed by atoms with Crippen molar-refractivity contribution >= 4 is 16.8 Å². The summed E-state index contributed by atoms with van der Waals surface area (Å²) in [5.74, 6) is -0.740. The average molecular weight is 326 g/mol. The second kappa shape index (κ2) is 6.44. The summed E-state index contributed by atoms with van der Waals surface area (Å²) in [7, 11) is 0. The van der Waals surface area contributed by atoms with Crippen LogP contribution in [0.25, 0.3) is 10.9 Å². The van der Waals surface area contributed by atoms with Crippen LogP contribution in [0.3, 0.4) is 0 Å². The second-order valence-electron chi connectivity index (χ2n) is 5.55. The van der Waals surface area contributed by atoms with E-state index in [1.54, 1.807) is 30.3 Å². The molecule has 0 bridgehead atoms. The van der Waals surface area contributed by atoms with Gasteiger partial charge in [0.2, 0.25) is 5.91 Å². The highest BCUT2D eigenvalue weighted by Gasteiger charge is 2.34. The minimum atomic E-state index is -4.48. The van der Waals surface area contributed by atoms with Crippen LogP contribution in [0.4, 0.5) is 13.2 Å². The maximum absolute atomic E-state index is 12.6. The monoisotopic (exact) mass is 326 g/mol. The molecule has 0 aliphatic rings. The van der Waals surface area contributed by atoms with Gasteiger partial charge in [0.1, 0.15) is 13.1 Å². The van der Waals surface area contributed by atoms with E-state index < -0.39 is 36.8 Å². The molecule has 7 heteroatoms. The van der Waals surface area contributed by atoms with E-state index >= 15 is 0 Å². The van der Waals surface area contributed by atoms with Crippen LogP contribution in [0.2, 0.25) is 0 Å². The first kappa shape index (κ1) is 17.1. The summed E-state index contributed by atoms with van der Waals surface area (Å²) >= 11 is 0. The van der Waals surface area contributed by atoms with Crippen LogP contribution in [0.1, 0.15) is 13.8 Å². The number of carbonyl (C=O) groups excluding carboxylic acids is 1. The number of amides is 1. The van der Waals surface area contributed by atoms with E-state index in [-0.39, 0.29) is 0 Å². The van der Waals surface area contributed by atoms with Gasteiger partial charge in [0.15, 0.2) is 0 Å². The number of para-hydroxylation sites is 1. The van der Waals surface area contributed by atoms with Gasteiger partial charge in [-0.2, -0.15) is 13.2 Å². The largest absolute Gasteiger partial charge is 0.406 e. The van der Waals surface area contributed by atoms with Crippen LogP contribution in [0.5, 0.6) is 0 Å². The Hall–Kier alpha value is -2.31. The molecule has 2 rings (SSSR count). The Morgan fingerprint density at radius 2 is 1.83 bits per heavy atom. The second-order valence-corrected chi connectivity index (χ2v) is 5.55. The molecule has 0 aliphatic heterocycles. The number of pyridine rings is 1. The van der Waals surface area contributed by atoms with Crippen molar-refractivity contribution in [3.05, 3.63) is 46.8 Å². The van der Waals surface area contributed by atoms with Crippen LogP contribution in [0, 0.1) is 0 Å². The number of hydrogen-bond acceptors (Lipinski definition) is 2. The molecule has 0 saturated carbocycles. The lowest BCUT2D eigenvalue weighted by Gasteiger charge is -2.28. The molecule has 1 heterocycles. The van der Waals surface area contributed by atoms with Crippen LogP contribution in [0.15, 0.2) is 41.2 Å². The molecular weight excluding hydrogens is 309 g/mol. The summed E-state index contributed by atoms with van der Waals surface area (Å²) in [4.78, 5) is 25.0. The van der Waals surface area contributed by atoms with E-state index in [0.29, 0.717) is 5.52 Å². The quantitative estimate of drug-likeness (QED) is 0.867. The first-order valence-corrected chi connectivity index (χ1v) is 7.14. The smallest absolute Gasteiger partial charge is 0.330 e.